The Kier molecular flexibility index (Phi) is 5.83. The molecule has 1 saturated heterocycles. The fourth-order valence-corrected chi connectivity index (χ4v) is 2.89. The maximum absolute atomic E-state index is 12.1. The highest BCUT2D eigenvalue weighted by molar-refractivity contribution is 9.10. The highest BCUT2D eigenvalue weighted by Gasteiger charge is 2.26. The zero-order valence-electron chi connectivity index (χ0n) is 12.3. The predicted molar refractivity (Wildman–Crippen MR) is 86.0 cm³/mol. The average Bonchev–Trinajstić information content (AvgIpc) is 2.45. The average molecular weight is 391 g/mol. The summed E-state index contributed by atoms with van der Waals surface area (Å²) in [6.07, 6.45) is -0.0501. The number of carbonyl (C=O) groups is 2. The summed E-state index contributed by atoms with van der Waals surface area (Å²) >= 11 is 9.22. The molecule has 1 heterocycles. The van der Waals surface area contributed by atoms with Gasteiger partial charge in [-0.25, -0.2) is 4.79 Å². The van der Waals surface area contributed by atoms with E-state index in [2.05, 4.69) is 15.9 Å². The summed E-state index contributed by atoms with van der Waals surface area (Å²) in [7, 11) is 0. The van der Waals surface area contributed by atoms with Gasteiger partial charge >= 0.3 is 5.97 Å². The standard InChI is InChI=1S/C15H17BrClNO4/c1-9-6-18(7-10(2)22-9)14(19)8-21-15(20)12-5-11(16)3-4-13(12)17/h3-5,9-10H,6-8H2,1-2H3/t9-,10+. The van der Waals surface area contributed by atoms with Gasteiger partial charge in [0.2, 0.25) is 0 Å². The summed E-state index contributed by atoms with van der Waals surface area (Å²) in [6, 6.07) is 4.88. The van der Waals surface area contributed by atoms with E-state index in [1.807, 2.05) is 13.8 Å². The number of halogens is 2. The SMILES string of the molecule is C[C@@H]1CN(C(=O)COC(=O)c2cc(Br)ccc2Cl)C[C@H](C)O1. The molecule has 2 atom stereocenters. The van der Waals surface area contributed by atoms with Crippen LogP contribution < -0.4 is 0 Å². The van der Waals surface area contributed by atoms with E-state index in [-0.39, 0.29) is 35.3 Å². The minimum atomic E-state index is -0.617. The Morgan fingerprint density at radius 3 is 2.64 bits per heavy atom. The van der Waals surface area contributed by atoms with Crippen molar-refractivity contribution in [3.8, 4) is 0 Å². The van der Waals surface area contributed by atoms with Crippen molar-refractivity contribution >= 4 is 39.4 Å². The first-order chi connectivity index (χ1) is 10.4. The lowest BCUT2D eigenvalue weighted by Crippen LogP contribution is -2.49. The molecule has 7 heteroatoms. The topological polar surface area (TPSA) is 55.8 Å². The van der Waals surface area contributed by atoms with Gasteiger partial charge in [-0.05, 0) is 32.0 Å². The van der Waals surface area contributed by atoms with Crippen LogP contribution >= 0.6 is 27.5 Å². The molecule has 2 rings (SSSR count). The lowest BCUT2D eigenvalue weighted by Gasteiger charge is -2.35. The van der Waals surface area contributed by atoms with Crippen LogP contribution in [0.25, 0.3) is 0 Å². The molecule has 5 nitrogen and oxygen atoms in total. The van der Waals surface area contributed by atoms with E-state index < -0.39 is 5.97 Å². The number of hydrogen-bond acceptors (Lipinski definition) is 4. The van der Waals surface area contributed by atoms with E-state index in [1.54, 1.807) is 23.1 Å². The summed E-state index contributed by atoms with van der Waals surface area (Å²) in [6.45, 7) is 4.50. The molecule has 120 valence electrons. The zero-order chi connectivity index (χ0) is 16.3. The van der Waals surface area contributed by atoms with Crippen LogP contribution in [0.15, 0.2) is 22.7 Å². The number of rotatable bonds is 3. The van der Waals surface area contributed by atoms with Crippen LogP contribution in [0, 0.1) is 0 Å². The zero-order valence-corrected chi connectivity index (χ0v) is 14.7. The van der Waals surface area contributed by atoms with E-state index in [4.69, 9.17) is 21.1 Å². The molecule has 1 aromatic carbocycles. The molecule has 0 unspecified atom stereocenters. The monoisotopic (exact) mass is 389 g/mol. The van der Waals surface area contributed by atoms with Crippen molar-refractivity contribution in [1.29, 1.82) is 0 Å². The van der Waals surface area contributed by atoms with Gasteiger partial charge in [0, 0.05) is 17.6 Å². The van der Waals surface area contributed by atoms with Crippen molar-refractivity contribution in [1.82, 2.24) is 4.90 Å². The first-order valence-electron chi connectivity index (χ1n) is 6.92. The van der Waals surface area contributed by atoms with Crippen LogP contribution in [0.2, 0.25) is 5.02 Å². The number of morpholine rings is 1. The quantitative estimate of drug-likeness (QED) is 0.745. The number of ether oxygens (including phenoxy) is 2. The molecule has 1 fully saturated rings. The molecule has 0 radical (unpaired) electrons. The van der Waals surface area contributed by atoms with Crippen molar-refractivity contribution in [2.45, 2.75) is 26.1 Å². The van der Waals surface area contributed by atoms with E-state index in [0.717, 1.165) is 0 Å². The molecular weight excluding hydrogens is 374 g/mol. The fourth-order valence-electron chi connectivity index (χ4n) is 2.33. The van der Waals surface area contributed by atoms with Gasteiger partial charge in [-0.2, -0.15) is 0 Å². The Bertz CT molecular complexity index is 571. The Hall–Kier alpha value is -1.11. The van der Waals surface area contributed by atoms with Crippen LogP contribution in [-0.4, -0.2) is 48.7 Å². The molecule has 1 aliphatic rings. The molecule has 1 amide bonds. The van der Waals surface area contributed by atoms with Crippen LogP contribution in [0.1, 0.15) is 24.2 Å². The summed E-state index contributed by atoms with van der Waals surface area (Å²) in [5.41, 5.74) is 0.229. The molecular formula is C15H17BrClNO4. The first-order valence-corrected chi connectivity index (χ1v) is 8.09. The van der Waals surface area contributed by atoms with Crippen molar-refractivity contribution in [3.05, 3.63) is 33.3 Å². The Morgan fingerprint density at radius 2 is 2.00 bits per heavy atom. The molecule has 0 N–H and O–H groups in total. The molecule has 0 saturated carbocycles. The predicted octanol–water partition coefficient (Wildman–Crippen LogP) is 2.90. The Labute approximate surface area is 142 Å². The van der Waals surface area contributed by atoms with Gasteiger partial charge in [0.25, 0.3) is 5.91 Å². The highest BCUT2D eigenvalue weighted by atomic mass is 79.9. The molecule has 0 aromatic heterocycles. The van der Waals surface area contributed by atoms with E-state index in [1.165, 1.54) is 0 Å². The minimum Gasteiger partial charge on any atom is -0.452 e. The summed E-state index contributed by atoms with van der Waals surface area (Å²) in [5, 5.41) is 0.286. The molecule has 1 aromatic rings. The molecule has 0 spiro atoms. The number of carbonyl (C=O) groups excluding carboxylic acids is 2. The van der Waals surface area contributed by atoms with Crippen molar-refractivity contribution in [3.63, 3.8) is 0 Å². The van der Waals surface area contributed by atoms with Crippen LogP contribution in [0.3, 0.4) is 0 Å². The number of esters is 1. The highest BCUT2D eigenvalue weighted by Crippen LogP contribution is 2.21. The number of amides is 1. The molecule has 0 aliphatic carbocycles. The second kappa shape index (κ2) is 7.44. The van der Waals surface area contributed by atoms with Crippen LogP contribution in [-0.2, 0) is 14.3 Å². The van der Waals surface area contributed by atoms with Gasteiger partial charge in [-0.15, -0.1) is 0 Å². The maximum Gasteiger partial charge on any atom is 0.340 e. The normalized spacial score (nSPS) is 21.5. The molecule has 0 bridgehead atoms. The number of benzene rings is 1. The Balaban J connectivity index is 1.93. The van der Waals surface area contributed by atoms with Gasteiger partial charge in [0.15, 0.2) is 6.61 Å². The number of hydrogen-bond donors (Lipinski definition) is 0. The van der Waals surface area contributed by atoms with Gasteiger partial charge < -0.3 is 14.4 Å². The van der Waals surface area contributed by atoms with Crippen LogP contribution in [0.5, 0.6) is 0 Å². The van der Waals surface area contributed by atoms with Crippen molar-refractivity contribution < 1.29 is 19.1 Å². The second-order valence-corrected chi connectivity index (χ2v) is 6.58. The molecule has 22 heavy (non-hydrogen) atoms. The van der Waals surface area contributed by atoms with Crippen LogP contribution in [0.4, 0.5) is 0 Å². The maximum atomic E-state index is 12.1. The number of nitrogens with zero attached hydrogens (tertiary/aromatic N) is 1. The lowest BCUT2D eigenvalue weighted by molar-refractivity contribution is -0.146. The minimum absolute atomic E-state index is 0.0251. The van der Waals surface area contributed by atoms with E-state index >= 15 is 0 Å². The van der Waals surface area contributed by atoms with E-state index in [0.29, 0.717) is 17.6 Å². The van der Waals surface area contributed by atoms with Gasteiger partial charge in [-0.1, -0.05) is 27.5 Å². The first kappa shape index (κ1) is 17.2. The van der Waals surface area contributed by atoms with E-state index in [9.17, 15) is 9.59 Å². The third-order valence-corrected chi connectivity index (χ3v) is 4.07. The largest absolute Gasteiger partial charge is 0.452 e. The third kappa shape index (κ3) is 4.44. The van der Waals surface area contributed by atoms with Crippen molar-refractivity contribution in [2.75, 3.05) is 19.7 Å². The lowest BCUT2D eigenvalue weighted by atomic mass is 10.2. The van der Waals surface area contributed by atoms with Gasteiger partial charge in [0.1, 0.15) is 0 Å². The summed E-state index contributed by atoms with van der Waals surface area (Å²) in [4.78, 5) is 25.8. The smallest absolute Gasteiger partial charge is 0.340 e. The summed E-state index contributed by atoms with van der Waals surface area (Å²) < 4.78 is 11.4. The van der Waals surface area contributed by atoms with Crippen molar-refractivity contribution in [2.24, 2.45) is 0 Å². The van der Waals surface area contributed by atoms with Gasteiger partial charge in [0.05, 0.1) is 22.8 Å². The summed E-state index contributed by atoms with van der Waals surface area (Å²) in [5.74, 6) is -0.851. The third-order valence-electron chi connectivity index (χ3n) is 3.25. The van der Waals surface area contributed by atoms with Gasteiger partial charge in [-0.3, -0.25) is 4.79 Å². The molecule has 1 aliphatic heterocycles. The Morgan fingerprint density at radius 1 is 1.36 bits per heavy atom. The second-order valence-electron chi connectivity index (χ2n) is 5.26. The fraction of sp³-hybridized carbons (Fsp3) is 0.467.